The maximum atomic E-state index is 11.7. The molecule has 2 N–H and O–H groups in total. The van der Waals surface area contributed by atoms with Crippen molar-refractivity contribution in [1.82, 2.24) is 15.5 Å². The van der Waals surface area contributed by atoms with E-state index in [4.69, 9.17) is 0 Å². The highest BCUT2D eigenvalue weighted by Crippen LogP contribution is 2.25. The Labute approximate surface area is 135 Å². The molecule has 0 saturated carbocycles. The Morgan fingerprint density at radius 2 is 2.10 bits per heavy atom. The van der Waals surface area contributed by atoms with Crippen LogP contribution in [0.15, 0.2) is 4.34 Å². The van der Waals surface area contributed by atoms with Gasteiger partial charge >= 0.3 is 0 Å². The van der Waals surface area contributed by atoms with Gasteiger partial charge in [0.2, 0.25) is 11.0 Å². The Morgan fingerprint density at radius 3 is 2.81 bits per heavy atom. The zero-order valence-electron chi connectivity index (χ0n) is 13.1. The Balaban J connectivity index is 2.15. The van der Waals surface area contributed by atoms with E-state index in [0.717, 1.165) is 29.0 Å². The molecule has 0 radical (unpaired) electrons. The number of unbranched alkanes of at least 4 members (excludes halogenated alkanes) is 3. The van der Waals surface area contributed by atoms with Crippen LogP contribution in [0.3, 0.4) is 0 Å². The first-order chi connectivity index (χ1) is 10.1. The molecule has 7 heteroatoms. The number of hydrogen-bond acceptors (Lipinski definition) is 6. The number of nitrogens with zero attached hydrogens (tertiary/aromatic N) is 2. The highest BCUT2D eigenvalue weighted by molar-refractivity contribution is 8.01. The van der Waals surface area contributed by atoms with E-state index in [2.05, 4.69) is 41.6 Å². The number of hydrogen-bond donors (Lipinski definition) is 2. The van der Waals surface area contributed by atoms with Crippen LogP contribution < -0.4 is 10.6 Å². The number of anilines is 1. The predicted molar refractivity (Wildman–Crippen MR) is 91.1 cm³/mol. The van der Waals surface area contributed by atoms with E-state index >= 15 is 0 Å². The van der Waals surface area contributed by atoms with Crippen molar-refractivity contribution in [2.75, 3.05) is 24.2 Å². The average molecular weight is 331 g/mol. The summed E-state index contributed by atoms with van der Waals surface area (Å²) in [6, 6.07) is 0. The fraction of sp³-hybridized carbons (Fsp3) is 0.786. The van der Waals surface area contributed by atoms with Crippen molar-refractivity contribution in [3.8, 4) is 0 Å². The molecule has 0 aliphatic rings. The van der Waals surface area contributed by atoms with Crippen LogP contribution in [0.25, 0.3) is 0 Å². The van der Waals surface area contributed by atoms with E-state index in [9.17, 15) is 4.79 Å². The zero-order chi connectivity index (χ0) is 15.5. The van der Waals surface area contributed by atoms with Gasteiger partial charge in [0.15, 0.2) is 4.34 Å². The van der Waals surface area contributed by atoms with Gasteiger partial charge in [-0.3, -0.25) is 4.79 Å². The van der Waals surface area contributed by atoms with Gasteiger partial charge in [0.25, 0.3) is 0 Å². The monoisotopic (exact) mass is 330 g/mol. The molecule has 21 heavy (non-hydrogen) atoms. The van der Waals surface area contributed by atoms with Crippen molar-refractivity contribution in [1.29, 1.82) is 0 Å². The summed E-state index contributed by atoms with van der Waals surface area (Å²) in [6.07, 6.45) is 4.70. The molecule has 0 bridgehead atoms. The maximum Gasteiger partial charge on any atom is 0.230 e. The second-order valence-corrected chi connectivity index (χ2v) is 7.55. The van der Waals surface area contributed by atoms with E-state index in [1.165, 1.54) is 42.4 Å². The zero-order valence-corrected chi connectivity index (χ0v) is 14.8. The van der Waals surface area contributed by atoms with E-state index in [1.807, 2.05) is 0 Å². The number of carbonyl (C=O) groups is 1. The van der Waals surface area contributed by atoms with Gasteiger partial charge in [-0.1, -0.05) is 63.1 Å². The van der Waals surface area contributed by atoms with Crippen molar-refractivity contribution in [2.24, 2.45) is 5.92 Å². The van der Waals surface area contributed by atoms with Crippen LogP contribution in [0.4, 0.5) is 5.13 Å². The smallest absolute Gasteiger partial charge is 0.230 e. The third-order valence-electron chi connectivity index (χ3n) is 2.75. The Bertz CT molecular complexity index is 409. The number of rotatable bonds is 11. The summed E-state index contributed by atoms with van der Waals surface area (Å²) in [5.41, 5.74) is 0. The van der Waals surface area contributed by atoms with Gasteiger partial charge in [0.05, 0.1) is 5.75 Å². The van der Waals surface area contributed by atoms with Crippen LogP contribution >= 0.6 is 23.1 Å². The van der Waals surface area contributed by atoms with Crippen LogP contribution in [0.5, 0.6) is 0 Å². The fourth-order valence-corrected chi connectivity index (χ4v) is 3.18. The first kappa shape index (κ1) is 18.2. The predicted octanol–water partition coefficient (Wildman–Crippen LogP) is 3.39. The van der Waals surface area contributed by atoms with Gasteiger partial charge in [-0.05, 0) is 12.3 Å². The Hall–Kier alpha value is -0.820. The minimum atomic E-state index is 0.0726. The molecule has 0 spiro atoms. The SMILES string of the molecule is CCCCCCNC(=O)CSc1nnc(NCC(C)C)s1. The third-order valence-corrected chi connectivity index (χ3v) is 4.76. The summed E-state index contributed by atoms with van der Waals surface area (Å²) in [5, 5.41) is 15.1. The summed E-state index contributed by atoms with van der Waals surface area (Å²) >= 11 is 2.95. The molecular weight excluding hydrogens is 304 g/mol. The molecule has 0 fully saturated rings. The Morgan fingerprint density at radius 1 is 1.29 bits per heavy atom. The lowest BCUT2D eigenvalue weighted by Crippen LogP contribution is -2.26. The van der Waals surface area contributed by atoms with E-state index in [1.54, 1.807) is 0 Å². The molecule has 1 rings (SSSR count). The lowest BCUT2D eigenvalue weighted by atomic mass is 10.2. The van der Waals surface area contributed by atoms with Crippen molar-refractivity contribution in [3.05, 3.63) is 0 Å². The van der Waals surface area contributed by atoms with Crippen LogP contribution in [-0.2, 0) is 4.79 Å². The van der Waals surface area contributed by atoms with Crippen LogP contribution in [-0.4, -0.2) is 34.9 Å². The van der Waals surface area contributed by atoms with Gasteiger partial charge < -0.3 is 10.6 Å². The lowest BCUT2D eigenvalue weighted by molar-refractivity contribution is -0.118. The summed E-state index contributed by atoms with van der Waals surface area (Å²) in [5.74, 6) is 1.05. The van der Waals surface area contributed by atoms with Crippen molar-refractivity contribution >= 4 is 34.1 Å². The molecule has 0 aliphatic carbocycles. The number of nitrogens with one attached hydrogen (secondary N) is 2. The molecule has 120 valence electrons. The second-order valence-electron chi connectivity index (χ2n) is 5.35. The first-order valence-electron chi connectivity index (χ1n) is 7.58. The molecule has 0 atom stereocenters. The average Bonchev–Trinajstić information content (AvgIpc) is 2.91. The summed E-state index contributed by atoms with van der Waals surface area (Å²) < 4.78 is 0.836. The summed E-state index contributed by atoms with van der Waals surface area (Å²) in [6.45, 7) is 8.14. The molecule has 5 nitrogen and oxygen atoms in total. The number of carbonyl (C=O) groups excluding carboxylic acids is 1. The fourth-order valence-electron chi connectivity index (χ4n) is 1.59. The quantitative estimate of drug-likeness (QED) is 0.481. The lowest BCUT2D eigenvalue weighted by Gasteiger charge is -2.04. The highest BCUT2D eigenvalue weighted by atomic mass is 32.2. The van der Waals surface area contributed by atoms with E-state index in [0.29, 0.717) is 11.7 Å². The van der Waals surface area contributed by atoms with Crippen molar-refractivity contribution in [2.45, 2.75) is 50.8 Å². The van der Waals surface area contributed by atoms with Gasteiger partial charge in [-0.2, -0.15) is 0 Å². The minimum absolute atomic E-state index is 0.0726. The van der Waals surface area contributed by atoms with Crippen molar-refractivity contribution in [3.63, 3.8) is 0 Å². The minimum Gasteiger partial charge on any atom is -0.360 e. The van der Waals surface area contributed by atoms with Crippen molar-refractivity contribution < 1.29 is 4.79 Å². The largest absolute Gasteiger partial charge is 0.360 e. The standard InChI is InChI=1S/C14H26N4OS2/c1-4-5-6-7-8-15-12(19)10-20-14-18-17-13(21-14)16-9-11(2)3/h11H,4-10H2,1-3H3,(H,15,19)(H,16,17). The molecule has 1 amide bonds. The number of aromatic nitrogens is 2. The molecule has 0 aliphatic heterocycles. The topological polar surface area (TPSA) is 66.9 Å². The molecule has 1 heterocycles. The normalized spacial score (nSPS) is 10.9. The molecule has 1 aromatic rings. The summed E-state index contributed by atoms with van der Waals surface area (Å²) in [7, 11) is 0. The highest BCUT2D eigenvalue weighted by Gasteiger charge is 2.08. The molecule has 0 saturated heterocycles. The number of amides is 1. The first-order valence-corrected chi connectivity index (χ1v) is 9.39. The number of thioether (sulfide) groups is 1. The molecule has 0 unspecified atom stereocenters. The second kappa shape index (κ2) is 10.8. The van der Waals surface area contributed by atoms with Gasteiger partial charge in [-0.25, -0.2) is 0 Å². The van der Waals surface area contributed by atoms with Crippen LogP contribution in [0.1, 0.15) is 46.5 Å². The Kier molecular flexibility index (Phi) is 9.41. The van der Waals surface area contributed by atoms with E-state index in [-0.39, 0.29) is 5.91 Å². The molecule has 0 aromatic carbocycles. The molecular formula is C14H26N4OS2. The van der Waals surface area contributed by atoms with Crippen LogP contribution in [0, 0.1) is 5.92 Å². The maximum absolute atomic E-state index is 11.7. The van der Waals surface area contributed by atoms with Gasteiger partial charge in [0, 0.05) is 13.1 Å². The molecule has 1 aromatic heterocycles. The van der Waals surface area contributed by atoms with Crippen LogP contribution in [0.2, 0.25) is 0 Å². The van der Waals surface area contributed by atoms with Gasteiger partial charge in [-0.15, -0.1) is 10.2 Å². The van der Waals surface area contributed by atoms with E-state index < -0.39 is 0 Å². The van der Waals surface area contributed by atoms with Gasteiger partial charge in [0.1, 0.15) is 0 Å². The summed E-state index contributed by atoms with van der Waals surface area (Å²) in [4.78, 5) is 11.7. The third kappa shape index (κ3) is 8.93.